The monoisotopic (exact) mass is 254 g/mol. The average Bonchev–Trinajstić information content (AvgIpc) is 2.31. The van der Waals surface area contributed by atoms with Crippen molar-refractivity contribution >= 4 is 23.4 Å². The highest BCUT2D eigenvalue weighted by Crippen LogP contribution is 2.29. The molecule has 0 atom stereocenters. The minimum atomic E-state index is 0.124. The fourth-order valence-corrected chi connectivity index (χ4v) is 2.17. The van der Waals surface area contributed by atoms with E-state index in [9.17, 15) is 4.79 Å². The van der Waals surface area contributed by atoms with Crippen molar-refractivity contribution in [1.82, 2.24) is 4.90 Å². The molecule has 1 rings (SSSR count). The van der Waals surface area contributed by atoms with Crippen LogP contribution in [0.15, 0.2) is 23.1 Å². The highest BCUT2D eigenvalue weighted by atomic mass is 32.2. The first kappa shape index (κ1) is 13.7. The number of ether oxygens (including phenoxy) is 1. The molecule has 0 aliphatic rings. The van der Waals surface area contributed by atoms with Crippen molar-refractivity contribution < 1.29 is 9.53 Å². The lowest BCUT2D eigenvalue weighted by atomic mass is 10.3. The Bertz CT molecular complexity index is 394. The number of nitrogen functional groups attached to an aromatic ring is 1. The van der Waals surface area contributed by atoms with Crippen molar-refractivity contribution in [2.45, 2.75) is 11.3 Å². The summed E-state index contributed by atoms with van der Waals surface area (Å²) < 4.78 is 5.13. The lowest BCUT2D eigenvalue weighted by Gasteiger charge is -2.10. The Kier molecular flexibility index (Phi) is 5.15. The molecule has 0 unspecified atom stereocenters. The van der Waals surface area contributed by atoms with Gasteiger partial charge < -0.3 is 15.4 Å². The van der Waals surface area contributed by atoms with Crippen LogP contribution in [0.3, 0.4) is 0 Å². The van der Waals surface area contributed by atoms with Gasteiger partial charge >= 0.3 is 0 Å². The predicted octanol–water partition coefficient (Wildman–Crippen LogP) is 1.85. The summed E-state index contributed by atoms with van der Waals surface area (Å²) in [7, 11) is 5.13. The molecular formula is C12H18N2O2S. The molecule has 0 heterocycles. The smallest absolute Gasteiger partial charge is 0.222 e. The number of thioether (sulfide) groups is 1. The maximum absolute atomic E-state index is 11.4. The number of nitrogens with zero attached hydrogens (tertiary/aromatic N) is 1. The van der Waals surface area contributed by atoms with Crippen molar-refractivity contribution in [3.05, 3.63) is 18.2 Å². The van der Waals surface area contributed by atoms with Crippen LogP contribution in [-0.4, -0.2) is 37.8 Å². The number of carbonyl (C=O) groups is 1. The molecule has 0 aliphatic heterocycles. The summed E-state index contributed by atoms with van der Waals surface area (Å²) in [5.41, 5.74) is 6.56. The van der Waals surface area contributed by atoms with Gasteiger partial charge in [0, 0.05) is 36.9 Å². The van der Waals surface area contributed by atoms with Gasteiger partial charge in [-0.1, -0.05) is 0 Å². The number of anilines is 1. The molecule has 0 spiro atoms. The molecule has 1 aromatic rings. The number of hydrogen-bond acceptors (Lipinski definition) is 4. The molecule has 1 amide bonds. The van der Waals surface area contributed by atoms with E-state index in [1.54, 1.807) is 37.9 Å². The second-order valence-corrected chi connectivity index (χ2v) is 4.93. The lowest BCUT2D eigenvalue weighted by molar-refractivity contribution is -0.128. The van der Waals surface area contributed by atoms with Crippen molar-refractivity contribution in [3.8, 4) is 5.75 Å². The first-order chi connectivity index (χ1) is 8.04. The second-order valence-electron chi connectivity index (χ2n) is 3.79. The number of amides is 1. The molecule has 4 nitrogen and oxygen atoms in total. The number of methoxy groups -OCH3 is 1. The highest BCUT2D eigenvalue weighted by Gasteiger charge is 2.06. The van der Waals surface area contributed by atoms with Gasteiger partial charge in [-0.2, -0.15) is 0 Å². The Balaban J connectivity index is 2.54. The number of hydrogen-bond donors (Lipinski definition) is 1. The van der Waals surface area contributed by atoms with E-state index in [4.69, 9.17) is 10.5 Å². The Hall–Kier alpha value is -1.36. The molecule has 0 radical (unpaired) electrons. The zero-order valence-electron chi connectivity index (χ0n) is 10.4. The number of carbonyl (C=O) groups excluding carboxylic acids is 1. The highest BCUT2D eigenvalue weighted by molar-refractivity contribution is 7.99. The predicted molar refractivity (Wildman–Crippen MR) is 71.4 cm³/mol. The van der Waals surface area contributed by atoms with Gasteiger partial charge in [0.2, 0.25) is 5.91 Å². The molecule has 5 heteroatoms. The van der Waals surface area contributed by atoms with Crippen LogP contribution in [0.25, 0.3) is 0 Å². The summed E-state index contributed by atoms with van der Waals surface area (Å²) in [6, 6.07) is 5.53. The molecule has 0 bridgehead atoms. The molecule has 0 fully saturated rings. The fourth-order valence-electron chi connectivity index (χ4n) is 1.24. The number of rotatable bonds is 5. The van der Waals surface area contributed by atoms with Crippen molar-refractivity contribution in [2.24, 2.45) is 0 Å². The van der Waals surface area contributed by atoms with E-state index in [0.717, 1.165) is 10.6 Å². The van der Waals surface area contributed by atoms with Gasteiger partial charge in [0.25, 0.3) is 0 Å². The maximum Gasteiger partial charge on any atom is 0.222 e. The molecular weight excluding hydrogens is 236 g/mol. The summed E-state index contributed by atoms with van der Waals surface area (Å²) in [6.45, 7) is 0. The third kappa shape index (κ3) is 4.19. The van der Waals surface area contributed by atoms with E-state index in [-0.39, 0.29) is 5.91 Å². The molecule has 0 saturated heterocycles. The van der Waals surface area contributed by atoms with Gasteiger partial charge in [0.05, 0.1) is 7.11 Å². The van der Waals surface area contributed by atoms with E-state index in [2.05, 4.69) is 0 Å². The van der Waals surface area contributed by atoms with Gasteiger partial charge in [0.15, 0.2) is 0 Å². The number of nitrogens with two attached hydrogens (primary N) is 1. The first-order valence-electron chi connectivity index (χ1n) is 5.31. The van der Waals surface area contributed by atoms with E-state index in [1.165, 1.54) is 0 Å². The van der Waals surface area contributed by atoms with Crippen LogP contribution >= 0.6 is 11.8 Å². The SMILES string of the molecule is COc1ccc(N)c(SCCC(=O)N(C)C)c1. The molecule has 94 valence electrons. The maximum atomic E-state index is 11.4. The van der Waals surface area contributed by atoms with Crippen LogP contribution in [-0.2, 0) is 4.79 Å². The molecule has 17 heavy (non-hydrogen) atoms. The topological polar surface area (TPSA) is 55.6 Å². The van der Waals surface area contributed by atoms with Gasteiger partial charge in [-0.25, -0.2) is 0 Å². The standard InChI is InChI=1S/C12H18N2O2S/c1-14(2)12(15)6-7-17-11-8-9(16-3)4-5-10(11)13/h4-5,8H,6-7,13H2,1-3H3. The Morgan fingerprint density at radius 2 is 2.18 bits per heavy atom. The van der Waals surface area contributed by atoms with Crippen LogP contribution in [0.5, 0.6) is 5.75 Å². The molecule has 0 aromatic heterocycles. The normalized spacial score (nSPS) is 10.1. The van der Waals surface area contributed by atoms with Crippen molar-refractivity contribution in [3.63, 3.8) is 0 Å². The molecule has 2 N–H and O–H groups in total. The Morgan fingerprint density at radius 1 is 1.47 bits per heavy atom. The van der Waals surface area contributed by atoms with Crippen LogP contribution in [0, 0.1) is 0 Å². The average molecular weight is 254 g/mol. The quantitative estimate of drug-likeness (QED) is 0.643. The molecule has 0 saturated carbocycles. The summed E-state index contributed by atoms with van der Waals surface area (Å²) in [6.07, 6.45) is 0.508. The third-order valence-electron chi connectivity index (χ3n) is 2.29. The van der Waals surface area contributed by atoms with E-state index >= 15 is 0 Å². The van der Waals surface area contributed by atoms with E-state index in [0.29, 0.717) is 17.9 Å². The summed E-state index contributed by atoms with van der Waals surface area (Å²) in [4.78, 5) is 13.9. The third-order valence-corrected chi connectivity index (χ3v) is 3.37. The Labute approximate surface area is 106 Å². The summed E-state index contributed by atoms with van der Waals surface area (Å²) in [5.74, 6) is 1.62. The summed E-state index contributed by atoms with van der Waals surface area (Å²) >= 11 is 1.57. The minimum absolute atomic E-state index is 0.124. The van der Waals surface area contributed by atoms with Crippen LogP contribution in [0.2, 0.25) is 0 Å². The van der Waals surface area contributed by atoms with Crippen LogP contribution in [0.4, 0.5) is 5.69 Å². The van der Waals surface area contributed by atoms with Gasteiger partial charge in [0.1, 0.15) is 5.75 Å². The lowest BCUT2D eigenvalue weighted by Crippen LogP contribution is -2.21. The zero-order chi connectivity index (χ0) is 12.8. The number of benzene rings is 1. The van der Waals surface area contributed by atoms with Crippen molar-refractivity contribution in [2.75, 3.05) is 32.7 Å². The van der Waals surface area contributed by atoms with Crippen LogP contribution in [0.1, 0.15) is 6.42 Å². The van der Waals surface area contributed by atoms with Crippen molar-refractivity contribution in [1.29, 1.82) is 0 Å². The second kappa shape index (κ2) is 6.39. The molecule has 1 aromatic carbocycles. The zero-order valence-corrected chi connectivity index (χ0v) is 11.2. The first-order valence-corrected chi connectivity index (χ1v) is 6.29. The van der Waals surface area contributed by atoms with Crippen LogP contribution < -0.4 is 10.5 Å². The largest absolute Gasteiger partial charge is 0.497 e. The fraction of sp³-hybridized carbons (Fsp3) is 0.417. The molecule has 0 aliphatic carbocycles. The van der Waals surface area contributed by atoms with Gasteiger partial charge in [-0.15, -0.1) is 11.8 Å². The Morgan fingerprint density at radius 3 is 2.76 bits per heavy atom. The minimum Gasteiger partial charge on any atom is -0.497 e. The van der Waals surface area contributed by atoms with E-state index in [1.807, 2.05) is 18.2 Å². The summed E-state index contributed by atoms with van der Waals surface area (Å²) in [5, 5.41) is 0. The van der Waals surface area contributed by atoms with Gasteiger partial charge in [-0.3, -0.25) is 4.79 Å². The van der Waals surface area contributed by atoms with Gasteiger partial charge in [-0.05, 0) is 18.2 Å². The van der Waals surface area contributed by atoms with E-state index < -0.39 is 0 Å².